The Morgan fingerprint density at radius 3 is 2.42 bits per heavy atom. The number of hydrogen-bond donors (Lipinski definition) is 0. The lowest BCUT2D eigenvalue weighted by Crippen LogP contribution is -2.05. The highest BCUT2D eigenvalue weighted by molar-refractivity contribution is 6.30. The predicted octanol–water partition coefficient (Wildman–Crippen LogP) is 4.39. The number of carbonyl (C=O) groups excluding carboxylic acids is 1. The number of carbonyl (C=O) groups is 1. The minimum absolute atomic E-state index is 0.0355. The van der Waals surface area contributed by atoms with E-state index in [2.05, 4.69) is 0 Å². The molecule has 2 aromatic carbocycles. The summed E-state index contributed by atoms with van der Waals surface area (Å²) in [5, 5.41) is 9.70. The molecular formula is C19H16ClNO3. The van der Waals surface area contributed by atoms with Crippen LogP contribution in [0, 0.1) is 11.3 Å². The molecule has 0 unspecified atom stereocenters. The summed E-state index contributed by atoms with van der Waals surface area (Å²) in [6.07, 6.45) is 1.49. The Balaban J connectivity index is 2.01. The Hall–Kier alpha value is -2.77. The lowest BCUT2D eigenvalue weighted by Gasteiger charge is -2.07. The molecule has 0 aliphatic carbocycles. The molecule has 0 aliphatic rings. The van der Waals surface area contributed by atoms with E-state index in [0.717, 1.165) is 11.1 Å². The van der Waals surface area contributed by atoms with Gasteiger partial charge in [-0.25, -0.2) is 4.79 Å². The number of esters is 1. The van der Waals surface area contributed by atoms with Crippen molar-refractivity contribution < 1.29 is 14.3 Å². The van der Waals surface area contributed by atoms with Gasteiger partial charge in [0.1, 0.15) is 24.0 Å². The monoisotopic (exact) mass is 341 g/mol. The third-order valence-corrected chi connectivity index (χ3v) is 3.38. The van der Waals surface area contributed by atoms with Crippen molar-refractivity contribution in [2.45, 2.75) is 13.5 Å². The van der Waals surface area contributed by atoms with Crippen LogP contribution in [0.5, 0.6) is 5.75 Å². The van der Waals surface area contributed by atoms with E-state index in [4.69, 9.17) is 26.3 Å². The van der Waals surface area contributed by atoms with Crippen molar-refractivity contribution in [1.82, 2.24) is 0 Å². The maximum atomic E-state index is 11.6. The molecule has 122 valence electrons. The molecule has 2 rings (SSSR count). The van der Waals surface area contributed by atoms with Gasteiger partial charge in [0.05, 0.1) is 6.61 Å². The van der Waals surface area contributed by atoms with Gasteiger partial charge in [0.2, 0.25) is 0 Å². The number of hydrogen-bond acceptors (Lipinski definition) is 4. The molecule has 0 N–H and O–H groups in total. The zero-order valence-corrected chi connectivity index (χ0v) is 13.9. The average molecular weight is 342 g/mol. The van der Waals surface area contributed by atoms with Gasteiger partial charge in [-0.15, -0.1) is 0 Å². The zero-order valence-electron chi connectivity index (χ0n) is 13.2. The molecule has 0 heterocycles. The van der Waals surface area contributed by atoms with Gasteiger partial charge in [-0.1, -0.05) is 35.9 Å². The molecule has 0 radical (unpaired) electrons. The summed E-state index contributed by atoms with van der Waals surface area (Å²) < 4.78 is 10.5. The first-order valence-corrected chi connectivity index (χ1v) is 7.76. The van der Waals surface area contributed by atoms with Crippen LogP contribution in [0.2, 0.25) is 5.02 Å². The summed E-state index contributed by atoms with van der Waals surface area (Å²) in [5.41, 5.74) is 1.70. The number of ether oxygens (including phenoxy) is 2. The lowest BCUT2D eigenvalue weighted by molar-refractivity contribution is -0.137. The quantitative estimate of drug-likeness (QED) is 0.444. The average Bonchev–Trinajstić information content (AvgIpc) is 2.60. The van der Waals surface area contributed by atoms with Crippen LogP contribution < -0.4 is 4.74 Å². The molecule has 0 saturated carbocycles. The Labute approximate surface area is 145 Å². The normalized spacial score (nSPS) is 10.8. The SMILES string of the molecule is CCOC(=O)/C(C#N)=C/c1ccc(OCc2ccc(Cl)cc2)cc1. The molecule has 0 amide bonds. The molecule has 0 aromatic heterocycles. The number of benzene rings is 2. The summed E-state index contributed by atoms with van der Waals surface area (Å²) >= 11 is 5.84. The van der Waals surface area contributed by atoms with Crippen LogP contribution in [-0.4, -0.2) is 12.6 Å². The lowest BCUT2D eigenvalue weighted by atomic mass is 10.1. The van der Waals surface area contributed by atoms with Crippen molar-refractivity contribution in [3.63, 3.8) is 0 Å². The fourth-order valence-electron chi connectivity index (χ4n) is 1.92. The van der Waals surface area contributed by atoms with E-state index < -0.39 is 5.97 Å². The van der Waals surface area contributed by atoms with Crippen LogP contribution in [-0.2, 0) is 16.1 Å². The van der Waals surface area contributed by atoms with E-state index in [1.165, 1.54) is 6.08 Å². The van der Waals surface area contributed by atoms with Crippen molar-refractivity contribution in [3.8, 4) is 11.8 Å². The fourth-order valence-corrected chi connectivity index (χ4v) is 2.05. The highest BCUT2D eigenvalue weighted by Crippen LogP contribution is 2.17. The third kappa shape index (κ3) is 5.15. The van der Waals surface area contributed by atoms with Gasteiger partial charge in [-0.3, -0.25) is 0 Å². The van der Waals surface area contributed by atoms with Crippen LogP contribution in [0.4, 0.5) is 0 Å². The fraction of sp³-hybridized carbons (Fsp3) is 0.158. The first-order valence-electron chi connectivity index (χ1n) is 7.38. The van der Waals surface area contributed by atoms with E-state index in [1.54, 1.807) is 31.2 Å². The largest absolute Gasteiger partial charge is 0.489 e. The van der Waals surface area contributed by atoms with E-state index in [9.17, 15) is 4.79 Å². The second-order valence-corrected chi connectivity index (χ2v) is 5.31. The minimum atomic E-state index is -0.622. The number of rotatable bonds is 6. The van der Waals surface area contributed by atoms with Crippen molar-refractivity contribution in [1.29, 1.82) is 5.26 Å². The second kappa shape index (κ2) is 8.76. The molecular weight excluding hydrogens is 326 g/mol. The summed E-state index contributed by atoms with van der Waals surface area (Å²) in [4.78, 5) is 11.6. The molecule has 5 heteroatoms. The van der Waals surface area contributed by atoms with Crippen LogP contribution in [0.15, 0.2) is 54.1 Å². The van der Waals surface area contributed by atoms with E-state index in [-0.39, 0.29) is 12.2 Å². The van der Waals surface area contributed by atoms with Crippen molar-refractivity contribution in [3.05, 3.63) is 70.3 Å². The molecule has 0 spiro atoms. The van der Waals surface area contributed by atoms with E-state index in [1.807, 2.05) is 30.3 Å². The Morgan fingerprint density at radius 1 is 1.17 bits per heavy atom. The molecule has 0 aliphatic heterocycles. The van der Waals surface area contributed by atoms with E-state index >= 15 is 0 Å². The first-order chi connectivity index (χ1) is 11.6. The third-order valence-electron chi connectivity index (χ3n) is 3.13. The summed E-state index contributed by atoms with van der Waals surface area (Å²) in [6.45, 7) is 2.35. The van der Waals surface area contributed by atoms with Gasteiger partial charge in [0.25, 0.3) is 0 Å². The predicted molar refractivity (Wildman–Crippen MR) is 92.4 cm³/mol. The van der Waals surface area contributed by atoms with Gasteiger partial charge in [0, 0.05) is 5.02 Å². The number of halogens is 1. The first kappa shape index (κ1) is 17.6. The highest BCUT2D eigenvalue weighted by atomic mass is 35.5. The maximum Gasteiger partial charge on any atom is 0.348 e. The van der Waals surface area contributed by atoms with Gasteiger partial charge in [0.15, 0.2) is 0 Å². The van der Waals surface area contributed by atoms with Crippen LogP contribution in [0.1, 0.15) is 18.1 Å². The molecule has 0 atom stereocenters. The van der Waals surface area contributed by atoms with Gasteiger partial charge < -0.3 is 9.47 Å². The summed E-state index contributed by atoms with van der Waals surface area (Å²) in [5.74, 6) is 0.0693. The Bertz CT molecular complexity index is 759. The minimum Gasteiger partial charge on any atom is -0.489 e. The smallest absolute Gasteiger partial charge is 0.348 e. The number of nitriles is 1. The summed E-state index contributed by atoms with van der Waals surface area (Å²) in [7, 11) is 0. The Morgan fingerprint density at radius 2 is 1.83 bits per heavy atom. The molecule has 0 fully saturated rings. The maximum absolute atomic E-state index is 11.6. The van der Waals surface area contributed by atoms with Gasteiger partial charge in [-0.2, -0.15) is 5.26 Å². The zero-order chi connectivity index (χ0) is 17.4. The highest BCUT2D eigenvalue weighted by Gasteiger charge is 2.09. The molecule has 24 heavy (non-hydrogen) atoms. The molecule has 0 saturated heterocycles. The van der Waals surface area contributed by atoms with Crippen molar-refractivity contribution in [2.24, 2.45) is 0 Å². The van der Waals surface area contributed by atoms with Crippen LogP contribution in [0.3, 0.4) is 0 Å². The Kier molecular flexibility index (Phi) is 6.41. The standard InChI is InChI=1S/C19H16ClNO3/c1-2-23-19(22)16(12-21)11-14-5-9-18(10-6-14)24-13-15-3-7-17(20)8-4-15/h3-11H,2,13H2,1H3/b16-11+. The van der Waals surface area contributed by atoms with E-state index in [0.29, 0.717) is 17.4 Å². The molecule has 2 aromatic rings. The van der Waals surface area contributed by atoms with Crippen molar-refractivity contribution in [2.75, 3.05) is 6.61 Å². The topological polar surface area (TPSA) is 59.3 Å². The van der Waals surface area contributed by atoms with Crippen LogP contribution in [0.25, 0.3) is 6.08 Å². The van der Waals surface area contributed by atoms with Crippen molar-refractivity contribution >= 4 is 23.6 Å². The van der Waals surface area contributed by atoms with Crippen LogP contribution >= 0.6 is 11.6 Å². The number of nitrogens with zero attached hydrogens (tertiary/aromatic N) is 1. The van der Waals surface area contributed by atoms with Gasteiger partial charge >= 0.3 is 5.97 Å². The molecule has 0 bridgehead atoms. The van der Waals surface area contributed by atoms with Gasteiger partial charge in [-0.05, 0) is 48.4 Å². The summed E-state index contributed by atoms with van der Waals surface area (Å²) in [6, 6.07) is 16.4. The molecule has 4 nitrogen and oxygen atoms in total. The second-order valence-electron chi connectivity index (χ2n) is 4.87.